The number of hydrogen-bond acceptors (Lipinski definition) is 3. The fraction of sp³-hybridized carbons (Fsp3) is 0.571. The van der Waals surface area contributed by atoms with Gasteiger partial charge in [-0.25, -0.2) is 0 Å². The van der Waals surface area contributed by atoms with Crippen LogP contribution in [0.2, 0.25) is 0 Å². The monoisotopic (exact) mass is 154 g/mol. The first-order valence-corrected chi connectivity index (χ1v) is 3.67. The van der Waals surface area contributed by atoms with Crippen molar-refractivity contribution in [2.45, 2.75) is 26.2 Å². The van der Waals surface area contributed by atoms with Crippen LogP contribution in [0.3, 0.4) is 0 Å². The van der Waals surface area contributed by atoms with Crippen LogP contribution in [0, 0.1) is 5.21 Å². The molecule has 0 saturated heterocycles. The van der Waals surface area contributed by atoms with E-state index < -0.39 is 0 Å². The third-order valence-corrected chi connectivity index (χ3v) is 1.56. The van der Waals surface area contributed by atoms with Crippen LogP contribution >= 0.6 is 0 Å². The number of unbranched alkanes of at least 4 members (excludes halogenated alkanes) is 1. The van der Waals surface area contributed by atoms with Crippen molar-refractivity contribution in [2.24, 2.45) is 5.10 Å². The molecule has 4 nitrogen and oxygen atoms in total. The molecule has 0 aromatic rings. The summed E-state index contributed by atoms with van der Waals surface area (Å²) in [5.74, 6) is -0.242. The lowest BCUT2D eigenvalue weighted by Crippen LogP contribution is -2.16. The molecule has 0 radical (unpaired) electrons. The highest BCUT2D eigenvalue weighted by molar-refractivity contribution is 6.60. The normalized spacial score (nSPS) is 16.6. The van der Waals surface area contributed by atoms with E-state index in [0.29, 0.717) is 11.3 Å². The fourth-order valence-corrected chi connectivity index (χ4v) is 0.906. The van der Waals surface area contributed by atoms with Crippen LogP contribution < -0.4 is 0 Å². The Morgan fingerprint density at radius 1 is 1.73 bits per heavy atom. The van der Waals surface area contributed by atoms with Crippen LogP contribution in [0.5, 0.6) is 0 Å². The maximum Gasteiger partial charge on any atom is 0.273 e. The largest absolute Gasteiger partial charge is 0.594 e. The van der Waals surface area contributed by atoms with Crippen LogP contribution in [0.25, 0.3) is 0 Å². The van der Waals surface area contributed by atoms with Crippen molar-refractivity contribution in [1.82, 2.24) is 0 Å². The molecular weight excluding hydrogens is 144 g/mol. The smallest absolute Gasteiger partial charge is 0.273 e. The van der Waals surface area contributed by atoms with Crippen molar-refractivity contribution < 1.29 is 9.64 Å². The summed E-state index contributed by atoms with van der Waals surface area (Å²) in [6.07, 6.45) is 3.45. The molecule has 0 spiro atoms. The standard InChI is InChI=1S/C7H10N2O2/c1-2-3-4-6-7(10)5-8-9(6)11/h5H,2-4H2,1H3. The third-order valence-electron chi connectivity index (χ3n) is 1.56. The molecule has 0 atom stereocenters. The Morgan fingerprint density at radius 3 is 2.91 bits per heavy atom. The van der Waals surface area contributed by atoms with Gasteiger partial charge in [0.25, 0.3) is 11.5 Å². The zero-order valence-corrected chi connectivity index (χ0v) is 6.41. The van der Waals surface area contributed by atoms with Gasteiger partial charge in [-0.2, -0.15) is 0 Å². The molecule has 0 bridgehead atoms. The van der Waals surface area contributed by atoms with Gasteiger partial charge in [-0.05, 0) is 6.42 Å². The lowest BCUT2D eigenvalue weighted by atomic mass is 10.1. The Labute approximate surface area is 64.8 Å². The lowest BCUT2D eigenvalue weighted by Gasteiger charge is -1.94. The van der Waals surface area contributed by atoms with Gasteiger partial charge in [0.05, 0.1) is 0 Å². The van der Waals surface area contributed by atoms with Gasteiger partial charge in [-0.3, -0.25) is 4.79 Å². The second kappa shape index (κ2) is 3.27. The second-order valence-corrected chi connectivity index (χ2v) is 2.43. The molecule has 0 fully saturated rings. The second-order valence-electron chi connectivity index (χ2n) is 2.43. The number of hydrogen-bond donors (Lipinski definition) is 0. The molecule has 1 rings (SSSR count). The van der Waals surface area contributed by atoms with Gasteiger partial charge in [0.1, 0.15) is 6.21 Å². The molecule has 0 aromatic carbocycles. The Balaban J connectivity index is 2.58. The maximum absolute atomic E-state index is 10.9. The number of carbonyl (C=O) groups excluding carboxylic acids is 1. The lowest BCUT2D eigenvalue weighted by molar-refractivity contribution is -0.459. The van der Waals surface area contributed by atoms with Crippen molar-refractivity contribution >= 4 is 17.7 Å². The number of ketones is 1. The zero-order chi connectivity index (χ0) is 8.27. The molecule has 60 valence electrons. The first-order chi connectivity index (χ1) is 5.25. The average Bonchev–Trinajstić information content (AvgIpc) is 2.29. The topological polar surface area (TPSA) is 55.5 Å². The number of nitrogens with zero attached hydrogens (tertiary/aromatic N) is 2. The zero-order valence-electron chi connectivity index (χ0n) is 6.41. The molecule has 0 aromatic heterocycles. The van der Waals surface area contributed by atoms with Gasteiger partial charge >= 0.3 is 0 Å². The van der Waals surface area contributed by atoms with E-state index in [-0.39, 0.29) is 11.5 Å². The number of carbonyl (C=O) groups is 1. The van der Waals surface area contributed by atoms with Crippen LogP contribution in [0.15, 0.2) is 5.10 Å². The minimum atomic E-state index is -0.242. The average molecular weight is 154 g/mol. The molecule has 0 amide bonds. The van der Waals surface area contributed by atoms with Crippen molar-refractivity contribution in [2.75, 3.05) is 0 Å². The molecule has 0 saturated carbocycles. The summed E-state index contributed by atoms with van der Waals surface area (Å²) < 4.78 is 0. The Hall–Kier alpha value is -1.19. The van der Waals surface area contributed by atoms with E-state index in [2.05, 4.69) is 5.10 Å². The first kappa shape index (κ1) is 7.91. The van der Waals surface area contributed by atoms with Crippen molar-refractivity contribution in [1.29, 1.82) is 0 Å². The minimum absolute atomic E-state index is 0.242. The summed E-state index contributed by atoms with van der Waals surface area (Å²) in [6, 6.07) is 0. The van der Waals surface area contributed by atoms with E-state index in [1.807, 2.05) is 6.92 Å². The van der Waals surface area contributed by atoms with Crippen molar-refractivity contribution in [3.63, 3.8) is 0 Å². The van der Waals surface area contributed by atoms with E-state index in [0.717, 1.165) is 19.1 Å². The van der Waals surface area contributed by atoms with Crippen LogP contribution in [0.1, 0.15) is 26.2 Å². The van der Waals surface area contributed by atoms with Gasteiger partial charge in [-0.1, -0.05) is 18.2 Å². The van der Waals surface area contributed by atoms with E-state index in [1.54, 1.807) is 0 Å². The highest BCUT2D eigenvalue weighted by atomic mass is 16.5. The SMILES string of the molecule is CCCCC1=[N+]([O-])N=CC1=O. The summed E-state index contributed by atoms with van der Waals surface area (Å²) in [6.45, 7) is 2.01. The molecule has 1 heterocycles. The van der Waals surface area contributed by atoms with Gasteiger partial charge in [0.15, 0.2) is 0 Å². The van der Waals surface area contributed by atoms with Crippen molar-refractivity contribution in [3.05, 3.63) is 5.21 Å². The Morgan fingerprint density at radius 2 is 2.45 bits per heavy atom. The van der Waals surface area contributed by atoms with Gasteiger partial charge in [0, 0.05) is 11.5 Å². The number of hydrazone groups is 1. The highest BCUT2D eigenvalue weighted by Crippen LogP contribution is 2.01. The predicted molar refractivity (Wildman–Crippen MR) is 41.7 cm³/mol. The highest BCUT2D eigenvalue weighted by Gasteiger charge is 2.23. The van der Waals surface area contributed by atoms with Gasteiger partial charge in [0.2, 0.25) is 0 Å². The first-order valence-electron chi connectivity index (χ1n) is 3.67. The Bertz CT molecular complexity index is 231. The molecule has 4 heteroatoms. The van der Waals surface area contributed by atoms with Crippen molar-refractivity contribution in [3.8, 4) is 0 Å². The van der Waals surface area contributed by atoms with Crippen LogP contribution in [0.4, 0.5) is 0 Å². The molecule has 0 aliphatic carbocycles. The van der Waals surface area contributed by atoms with E-state index in [4.69, 9.17) is 0 Å². The summed E-state index contributed by atoms with van der Waals surface area (Å²) >= 11 is 0. The quantitative estimate of drug-likeness (QED) is 0.443. The molecule has 11 heavy (non-hydrogen) atoms. The summed E-state index contributed by atoms with van der Waals surface area (Å²) in [7, 11) is 0. The molecule has 1 aliphatic heterocycles. The Kier molecular flexibility index (Phi) is 2.36. The molecule has 0 unspecified atom stereocenters. The minimum Gasteiger partial charge on any atom is -0.594 e. The van der Waals surface area contributed by atoms with E-state index >= 15 is 0 Å². The van der Waals surface area contributed by atoms with Crippen LogP contribution in [-0.2, 0) is 4.79 Å². The van der Waals surface area contributed by atoms with E-state index in [1.165, 1.54) is 0 Å². The third kappa shape index (κ3) is 1.63. The molecular formula is C7H10N2O2. The fourth-order valence-electron chi connectivity index (χ4n) is 0.906. The summed E-state index contributed by atoms with van der Waals surface area (Å²) in [5, 5.41) is 14.1. The van der Waals surface area contributed by atoms with Gasteiger partial charge in [-0.15, -0.1) is 0 Å². The maximum atomic E-state index is 10.9. The van der Waals surface area contributed by atoms with Crippen LogP contribution in [-0.4, -0.2) is 22.6 Å². The summed E-state index contributed by atoms with van der Waals surface area (Å²) in [5.41, 5.74) is 0.270. The van der Waals surface area contributed by atoms with E-state index in [9.17, 15) is 10.0 Å². The number of rotatable bonds is 3. The van der Waals surface area contributed by atoms with Gasteiger partial charge < -0.3 is 5.21 Å². The molecule has 0 N–H and O–H groups in total. The number of Topliss-reactive ketones (excluding diaryl/α,β-unsaturated/α-hetero) is 1. The molecule has 1 aliphatic rings. The summed E-state index contributed by atoms with van der Waals surface area (Å²) in [4.78, 5) is 11.3. The predicted octanol–water partition coefficient (Wildman–Crippen LogP) is 0.696.